The number of nitrogens with one attached hydrogen (secondary N) is 1. The zero-order valence-electron chi connectivity index (χ0n) is 15.1. The normalized spacial score (nSPS) is 18.5. The van der Waals surface area contributed by atoms with Gasteiger partial charge in [-0.2, -0.15) is 5.26 Å². The molecule has 6 heteroatoms. The topological polar surface area (TPSA) is 76.4 Å². The maximum absolute atomic E-state index is 12.5. The minimum absolute atomic E-state index is 0.0860. The number of piperazine rings is 1. The quantitative estimate of drug-likeness (QED) is 0.880. The first kappa shape index (κ1) is 18.4. The van der Waals surface area contributed by atoms with Gasteiger partial charge in [-0.25, -0.2) is 0 Å². The molecule has 0 unspecified atom stereocenters. The van der Waals surface area contributed by atoms with Crippen molar-refractivity contribution in [2.75, 3.05) is 38.0 Å². The summed E-state index contributed by atoms with van der Waals surface area (Å²) in [7, 11) is 0. The Balaban J connectivity index is 1.40. The third kappa shape index (κ3) is 4.61. The van der Waals surface area contributed by atoms with Crippen LogP contribution in [0.3, 0.4) is 0 Å². The summed E-state index contributed by atoms with van der Waals surface area (Å²) in [5.74, 6) is 0.484. The molecular weight excluding hydrogens is 328 g/mol. The van der Waals surface area contributed by atoms with Gasteiger partial charge in [0.1, 0.15) is 6.07 Å². The molecule has 0 spiro atoms. The lowest BCUT2D eigenvalue weighted by atomic mass is 10.1. The zero-order valence-corrected chi connectivity index (χ0v) is 15.1. The highest BCUT2D eigenvalue weighted by Crippen LogP contribution is 2.26. The second-order valence-electron chi connectivity index (χ2n) is 7.10. The first-order valence-corrected chi connectivity index (χ1v) is 9.47. The number of hydrogen-bond donors (Lipinski definition) is 1. The van der Waals surface area contributed by atoms with Crippen LogP contribution in [-0.2, 0) is 9.59 Å². The summed E-state index contributed by atoms with van der Waals surface area (Å²) in [6.07, 6.45) is 4.84. The van der Waals surface area contributed by atoms with E-state index >= 15 is 0 Å². The van der Waals surface area contributed by atoms with Gasteiger partial charge in [-0.15, -0.1) is 0 Å². The highest BCUT2D eigenvalue weighted by atomic mass is 16.2. The number of nitriles is 1. The predicted octanol–water partition coefficient (Wildman–Crippen LogP) is 2.22. The van der Waals surface area contributed by atoms with Crippen molar-refractivity contribution in [3.63, 3.8) is 0 Å². The molecule has 3 rings (SSSR count). The minimum Gasteiger partial charge on any atom is -0.340 e. The maximum atomic E-state index is 12.5. The second kappa shape index (κ2) is 8.81. The van der Waals surface area contributed by atoms with Crippen LogP contribution in [-0.4, -0.2) is 54.3 Å². The zero-order chi connectivity index (χ0) is 18.4. The van der Waals surface area contributed by atoms with Crippen LogP contribution in [0.15, 0.2) is 24.3 Å². The monoisotopic (exact) mass is 354 g/mol. The van der Waals surface area contributed by atoms with Crippen molar-refractivity contribution in [2.45, 2.75) is 32.1 Å². The minimum atomic E-state index is -0.0860. The Morgan fingerprint density at radius 3 is 2.50 bits per heavy atom. The lowest BCUT2D eigenvalue weighted by molar-refractivity contribution is -0.137. The predicted molar refractivity (Wildman–Crippen MR) is 99.4 cm³/mol. The third-order valence-electron chi connectivity index (χ3n) is 5.37. The van der Waals surface area contributed by atoms with E-state index in [0.717, 1.165) is 39.0 Å². The van der Waals surface area contributed by atoms with E-state index in [4.69, 9.17) is 5.26 Å². The molecule has 2 amide bonds. The summed E-state index contributed by atoms with van der Waals surface area (Å²) in [4.78, 5) is 28.8. The molecule has 1 aromatic rings. The van der Waals surface area contributed by atoms with Crippen molar-refractivity contribution in [2.24, 2.45) is 5.92 Å². The number of anilines is 1. The van der Waals surface area contributed by atoms with E-state index in [1.165, 1.54) is 12.8 Å². The number of carbonyl (C=O) groups is 2. The fourth-order valence-corrected chi connectivity index (χ4v) is 3.78. The Kier molecular flexibility index (Phi) is 6.24. The largest absolute Gasteiger partial charge is 0.340 e. The van der Waals surface area contributed by atoms with Crippen molar-refractivity contribution in [3.8, 4) is 6.07 Å². The number of carbonyl (C=O) groups excluding carboxylic acids is 2. The van der Waals surface area contributed by atoms with Gasteiger partial charge in [0.25, 0.3) is 0 Å². The van der Waals surface area contributed by atoms with Crippen LogP contribution in [0.1, 0.15) is 37.7 Å². The average Bonchev–Trinajstić information content (AvgIpc) is 3.21. The Labute approximate surface area is 154 Å². The van der Waals surface area contributed by atoms with Gasteiger partial charge in [0.2, 0.25) is 11.8 Å². The van der Waals surface area contributed by atoms with E-state index in [9.17, 15) is 9.59 Å². The Bertz CT molecular complexity index is 683. The number of nitrogens with zero attached hydrogens (tertiary/aromatic N) is 3. The maximum Gasteiger partial charge on any atom is 0.225 e. The van der Waals surface area contributed by atoms with Gasteiger partial charge >= 0.3 is 0 Å². The fraction of sp³-hybridized carbons (Fsp3) is 0.550. The van der Waals surface area contributed by atoms with Gasteiger partial charge in [0, 0.05) is 45.1 Å². The van der Waals surface area contributed by atoms with E-state index in [2.05, 4.69) is 16.3 Å². The molecule has 1 saturated heterocycles. The fourth-order valence-electron chi connectivity index (χ4n) is 3.78. The van der Waals surface area contributed by atoms with Crippen molar-refractivity contribution >= 4 is 17.5 Å². The van der Waals surface area contributed by atoms with E-state index in [-0.39, 0.29) is 11.8 Å². The van der Waals surface area contributed by atoms with Gasteiger partial charge in [0.05, 0.1) is 11.3 Å². The van der Waals surface area contributed by atoms with E-state index < -0.39 is 0 Å². The number of benzene rings is 1. The molecule has 0 bridgehead atoms. The summed E-state index contributed by atoms with van der Waals surface area (Å²) in [5, 5.41) is 11.9. The summed E-state index contributed by atoms with van der Waals surface area (Å²) in [5.41, 5.74) is 1.03. The Hall–Kier alpha value is -2.39. The SMILES string of the molecule is N#Cc1ccccc1NC(=O)CCN1CCN(C(=O)C2CCCC2)CC1. The molecule has 1 heterocycles. The molecule has 0 aromatic heterocycles. The van der Waals surface area contributed by atoms with Crippen LogP contribution < -0.4 is 5.32 Å². The molecule has 1 aliphatic heterocycles. The van der Waals surface area contributed by atoms with E-state index in [1.807, 2.05) is 4.90 Å². The molecule has 1 aromatic carbocycles. The number of para-hydroxylation sites is 1. The van der Waals surface area contributed by atoms with Crippen LogP contribution in [0.25, 0.3) is 0 Å². The standard InChI is InChI=1S/C20H26N4O2/c21-15-17-7-3-4-8-18(17)22-19(25)9-10-23-11-13-24(14-12-23)20(26)16-5-1-2-6-16/h3-4,7-8,16H,1-2,5-6,9-14H2,(H,22,25). The first-order valence-electron chi connectivity index (χ1n) is 9.47. The van der Waals surface area contributed by atoms with Crippen LogP contribution in [0.5, 0.6) is 0 Å². The molecule has 2 fully saturated rings. The second-order valence-corrected chi connectivity index (χ2v) is 7.10. The van der Waals surface area contributed by atoms with Gasteiger partial charge in [-0.1, -0.05) is 25.0 Å². The first-order chi connectivity index (χ1) is 12.7. The van der Waals surface area contributed by atoms with Gasteiger partial charge in [0.15, 0.2) is 0 Å². The van der Waals surface area contributed by atoms with Crippen molar-refractivity contribution in [1.29, 1.82) is 5.26 Å². The van der Waals surface area contributed by atoms with Gasteiger partial charge in [-0.3, -0.25) is 14.5 Å². The van der Waals surface area contributed by atoms with Gasteiger partial charge < -0.3 is 10.2 Å². The molecule has 138 valence electrons. The molecule has 0 radical (unpaired) electrons. The molecule has 26 heavy (non-hydrogen) atoms. The van der Waals surface area contributed by atoms with Crippen molar-refractivity contribution < 1.29 is 9.59 Å². The molecule has 1 saturated carbocycles. The van der Waals surface area contributed by atoms with Crippen LogP contribution in [0.2, 0.25) is 0 Å². The third-order valence-corrected chi connectivity index (χ3v) is 5.37. The molecule has 2 aliphatic rings. The average molecular weight is 354 g/mol. The summed E-state index contributed by atoms with van der Waals surface area (Å²) in [6, 6.07) is 9.09. The Morgan fingerprint density at radius 1 is 1.12 bits per heavy atom. The van der Waals surface area contributed by atoms with Crippen LogP contribution >= 0.6 is 0 Å². The van der Waals surface area contributed by atoms with Crippen molar-refractivity contribution in [1.82, 2.24) is 9.80 Å². The number of hydrogen-bond acceptors (Lipinski definition) is 4. The van der Waals surface area contributed by atoms with Gasteiger partial charge in [-0.05, 0) is 25.0 Å². The summed E-state index contributed by atoms with van der Waals surface area (Å²) >= 11 is 0. The Morgan fingerprint density at radius 2 is 1.81 bits per heavy atom. The van der Waals surface area contributed by atoms with Crippen LogP contribution in [0.4, 0.5) is 5.69 Å². The number of amides is 2. The molecule has 0 atom stereocenters. The summed E-state index contributed by atoms with van der Waals surface area (Å²) in [6.45, 7) is 3.83. The molecular formula is C20H26N4O2. The summed E-state index contributed by atoms with van der Waals surface area (Å²) < 4.78 is 0. The van der Waals surface area contributed by atoms with Crippen LogP contribution in [0, 0.1) is 17.2 Å². The van der Waals surface area contributed by atoms with Crippen molar-refractivity contribution in [3.05, 3.63) is 29.8 Å². The smallest absolute Gasteiger partial charge is 0.225 e. The van der Waals surface area contributed by atoms with E-state index in [1.54, 1.807) is 24.3 Å². The molecule has 1 N–H and O–H groups in total. The lowest BCUT2D eigenvalue weighted by Gasteiger charge is -2.35. The molecule has 1 aliphatic carbocycles. The highest BCUT2D eigenvalue weighted by molar-refractivity contribution is 5.92. The number of rotatable bonds is 5. The molecule has 6 nitrogen and oxygen atoms in total. The van der Waals surface area contributed by atoms with E-state index in [0.29, 0.717) is 30.1 Å². The lowest BCUT2D eigenvalue weighted by Crippen LogP contribution is -2.50. The highest BCUT2D eigenvalue weighted by Gasteiger charge is 2.29.